The minimum atomic E-state index is -1.06. The number of nitrogens with zero attached hydrogens (tertiary/aromatic N) is 1. The second kappa shape index (κ2) is 4.11. The van der Waals surface area contributed by atoms with Crippen LogP contribution >= 0.6 is 0 Å². The van der Waals surface area contributed by atoms with Crippen LogP contribution in [0.4, 0.5) is 4.79 Å². The maximum absolute atomic E-state index is 11.1. The summed E-state index contributed by atoms with van der Waals surface area (Å²) in [7, 11) is 1.23. The largest absolute Gasteiger partial charge is 0.480 e. The highest BCUT2D eigenvalue weighted by Gasteiger charge is 2.28. The summed E-state index contributed by atoms with van der Waals surface area (Å²) in [6, 6.07) is 0. The van der Waals surface area contributed by atoms with Crippen LogP contribution < -0.4 is 0 Å². The number of ether oxygens (including phenoxy) is 1. The number of carboxylic acid groups (broad SMARTS) is 1. The number of hydrogen-bond donors (Lipinski definition) is 1. The first-order chi connectivity index (χ1) is 5.79. The number of rotatable bonds is 2. The van der Waals surface area contributed by atoms with Crippen molar-refractivity contribution in [3.8, 4) is 0 Å². The van der Waals surface area contributed by atoms with Crippen molar-refractivity contribution in [3.05, 3.63) is 0 Å². The molecule has 0 aromatic heterocycles. The van der Waals surface area contributed by atoms with Crippen molar-refractivity contribution in [2.75, 3.05) is 13.7 Å². The van der Waals surface area contributed by atoms with Gasteiger partial charge in [-0.25, -0.2) is 4.79 Å². The Balaban J connectivity index is 4.56. The van der Waals surface area contributed by atoms with Crippen LogP contribution in [0.2, 0.25) is 0 Å². The van der Waals surface area contributed by atoms with Gasteiger partial charge in [0.2, 0.25) is 0 Å². The van der Waals surface area contributed by atoms with E-state index in [4.69, 9.17) is 5.11 Å². The van der Waals surface area contributed by atoms with Gasteiger partial charge >= 0.3 is 12.1 Å². The van der Waals surface area contributed by atoms with E-state index >= 15 is 0 Å². The summed E-state index contributed by atoms with van der Waals surface area (Å²) in [5, 5.41) is 8.54. The first-order valence-corrected chi connectivity index (χ1v) is 3.86. The predicted octanol–water partition coefficient (Wildman–Crippen LogP) is 0.938. The highest BCUT2D eigenvalue weighted by molar-refractivity contribution is 5.77. The third-order valence-corrected chi connectivity index (χ3v) is 1.50. The molecule has 5 nitrogen and oxygen atoms in total. The Hall–Kier alpha value is -1.26. The van der Waals surface area contributed by atoms with Crippen molar-refractivity contribution in [1.29, 1.82) is 0 Å². The number of hydrogen-bond acceptors (Lipinski definition) is 3. The molecule has 0 aliphatic carbocycles. The van der Waals surface area contributed by atoms with E-state index in [1.165, 1.54) is 7.11 Å². The molecular weight excluding hydrogens is 174 g/mol. The molecule has 0 fully saturated rings. The second-order valence-corrected chi connectivity index (χ2v) is 3.62. The standard InChI is InChI=1S/C8H15NO4/c1-8(2,3)9(5-6(10)11)7(12)13-4/h5H2,1-4H3,(H,10,11). The summed E-state index contributed by atoms with van der Waals surface area (Å²) < 4.78 is 4.46. The number of amides is 1. The van der Waals surface area contributed by atoms with Crippen LogP contribution in [0.15, 0.2) is 0 Å². The van der Waals surface area contributed by atoms with Gasteiger partial charge in [-0.2, -0.15) is 0 Å². The van der Waals surface area contributed by atoms with Gasteiger partial charge in [-0.3, -0.25) is 9.69 Å². The number of aliphatic carboxylic acids is 1. The van der Waals surface area contributed by atoms with E-state index in [-0.39, 0.29) is 6.54 Å². The lowest BCUT2D eigenvalue weighted by molar-refractivity contribution is -0.139. The summed E-state index contributed by atoms with van der Waals surface area (Å²) >= 11 is 0. The van der Waals surface area contributed by atoms with E-state index in [0.29, 0.717) is 0 Å². The van der Waals surface area contributed by atoms with E-state index in [9.17, 15) is 9.59 Å². The molecule has 0 rings (SSSR count). The predicted molar refractivity (Wildman–Crippen MR) is 46.5 cm³/mol. The molecule has 0 unspecified atom stereocenters. The zero-order valence-electron chi connectivity index (χ0n) is 8.33. The number of methoxy groups -OCH3 is 1. The summed E-state index contributed by atoms with van der Waals surface area (Å²) in [5.74, 6) is -1.06. The number of carbonyl (C=O) groups is 2. The van der Waals surface area contributed by atoms with Crippen LogP contribution in [-0.2, 0) is 9.53 Å². The van der Waals surface area contributed by atoms with Crippen LogP contribution in [-0.4, -0.2) is 41.3 Å². The molecule has 0 aromatic rings. The highest BCUT2D eigenvalue weighted by atomic mass is 16.5. The molecule has 1 N–H and O–H groups in total. The van der Waals surface area contributed by atoms with Crippen molar-refractivity contribution in [2.45, 2.75) is 26.3 Å². The lowest BCUT2D eigenvalue weighted by Crippen LogP contribution is -2.48. The number of carbonyl (C=O) groups excluding carboxylic acids is 1. The Bertz CT molecular complexity index is 207. The van der Waals surface area contributed by atoms with E-state index in [0.717, 1.165) is 4.90 Å². The monoisotopic (exact) mass is 189 g/mol. The van der Waals surface area contributed by atoms with Crippen molar-refractivity contribution in [2.24, 2.45) is 0 Å². The Morgan fingerprint density at radius 3 is 2.08 bits per heavy atom. The molecule has 0 atom stereocenters. The van der Waals surface area contributed by atoms with Gasteiger partial charge in [0.15, 0.2) is 0 Å². The minimum absolute atomic E-state index is 0.351. The molecule has 5 heteroatoms. The second-order valence-electron chi connectivity index (χ2n) is 3.62. The zero-order chi connectivity index (χ0) is 10.6. The van der Waals surface area contributed by atoms with Gasteiger partial charge in [0, 0.05) is 5.54 Å². The fourth-order valence-corrected chi connectivity index (χ4v) is 0.821. The first-order valence-electron chi connectivity index (χ1n) is 3.86. The maximum Gasteiger partial charge on any atom is 0.410 e. The van der Waals surface area contributed by atoms with Gasteiger partial charge < -0.3 is 9.84 Å². The summed E-state index contributed by atoms with van der Waals surface area (Å²) in [6.07, 6.45) is -0.630. The van der Waals surface area contributed by atoms with Crippen LogP contribution in [0, 0.1) is 0 Å². The van der Waals surface area contributed by atoms with Gasteiger partial charge in [0.05, 0.1) is 7.11 Å². The molecular formula is C8H15NO4. The average Bonchev–Trinajstić information content (AvgIpc) is 1.96. The third-order valence-electron chi connectivity index (χ3n) is 1.50. The average molecular weight is 189 g/mol. The van der Waals surface area contributed by atoms with Crippen LogP contribution in [0.3, 0.4) is 0 Å². The van der Waals surface area contributed by atoms with Crippen LogP contribution in [0.25, 0.3) is 0 Å². The first kappa shape index (κ1) is 11.7. The van der Waals surface area contributed by atoms with Crippen molar-refractivity contribution in [3.63, 3.8) is 0 Å². The van der Waals surface area contributed by atoms with Crippen molar-refractivity contribution < 1.29 is 19.4 Å². The Morgan fingerprint density at radius 1 is 1.38 bits per heavy atom. The molecule has 0 radical (unpaired) electrons. The van der Waals surface area contributed by atoms with E-state index in [2.05, 4.69) is 4.74 Å². The van der Waals surface area contributed by atoms with Gasteiger partial charge in [-0.05, 0) is 20.8 Å². The molecule has 0 aliphatic heterocycles. The normalized spacial score (nSPS) is 10.8. The topological polar surface area (TPSA) is 66.8 Å². The Labute approximate surface area is 77.3 Å². The van der Waals surface area contributed by atoms with Gasteiger partial charge in [0.1, 0.15) is 6.54 Å². The molecule has 1 amide bonds. The fraction of sp³-hybridized carbons (Fsp3) is 0.750. The van der Waals surface area contributed by atoms with Crippen LogP contribution in [0.5, 0.6) is 0 Å². The maximum atomic E-state index is 11.1. The van der Waals surface area contributed by atoms with Gasteiger partial charge in [0.25, 0.3) is 0 Å². The SMILES string of the molecule is COC(=O)N(CC(=O)O)C(C)(C)C. The molecule has 0 aliphatic rings. The molecule has 13 heavy (non-hydrogen) atoms. The zero-order valence-corrected chi connectivity index (χ0v) is 8.33. The molecule has 0 saturated heterocycles. The van der Waals surface area contributed by atoms with Crippen molar-refractivity contribution in [1.82, 2.24) is 4.90 Å². The fourth-order valence-electron chi connectivity index (χ4n) is 0.821. The lowest BCUT2D eigenvalue weighted by Gasteiger charge is -2.32. The number of carboxylic acids is 1. The highest BCUT2D eigenvalue weighted by Crippen LogP contribution is 2.13. The Kier molecular flexibility index (Phi) is 3.71. The molecule has 0 bridgehead atoms. The van der Waals surface area contributed by atoms with E-state index < -0.39 is 17.6 Å². The smallest absolute Gasteiger partial charge is 0.410 e. The molecule has 0 aromatic carbocycles. The van der Waals surface area contributed by atoms with Gasteiger partial charge in [-0.1, -0.05) is 0 Å². The Morgan fingerprint density at radius 2 is 1.85 bits per heavy atom. The minimum Gasteiger partial charge on any atom is -0.480 e. The molecule has 0 heterocycles. The van der Waals surface area contributed by atoms with Crippen molar-refractivity contribution >= 4 is 12.1 Å². The van der Waals surface area contributed by atoms with E-state index in [1.807, 2.05) is 0 Å². The van der Waals surface area contributed by atoms with Gasteiger partial charge in [-0.15, -0.1) is 0 Å². The summed E-state index contributed by atoms with van der Waals surface area (Å²) in [6.45, 7) is 4.88. The van der Waals surface area contributed by atoms with Crippen LogP contribution in [0.1, 0.15) is 20.8 Å². The summed E-state index contributed by atoms with van der Waals surface area (Å²) in [4.78, 5) is 22.7. The van der Waals surface area contributed by atoms with E-state index in [1.54, 1.807) is 20.8 Å². The molecule has 0 spiro atoms. The summed E-state index contributed by atoms with van der Waals surface area (Å²) in [5.41, 5.74) is -0.550. The lowest BCUT2D eigenvalue weighted by atomic mass is 10.1. The molecule has 0 saturated carbocycles. The quantitative estimate of drug-likeness (QED) is 0.702. The molecule has 76 valence electrons. The third kappa shape index (κ3) is 3.78.